The van der Waals surface area contributed by atoms with Gasteiger partial charge in [-0.3, -0.25) is 0 Å². The number of hydrogen-bond acceptors (Lipinski definition) is 2. The Balaban J connectivity index is 0.00000121. The molecule has 4 rings (SSSR count). The van der Waals surface area contributed by atoms with Gasteiger partial charge in [0.15, 0.2) is 0 Å². The molecule has 0 saturated heterocycles. The fraction of sp³-hybridized carbons (Fsp3) is 0.316. The first kappa shape index (κ1) is 23.7. The van der Waals surface area contributed by atoms with Gasteiger partial charge in [-0.05, 0) is 0 Å². The van der Waals surface area contributed by atoms with Gasteiger partial charge in [0.1, 0.15) is 0 Å². The first-order valence-electron chi connectivity index (χ1n) is 7.98. The molecule has 2 aliphatic heterocycles. The van der Waals surface area contributed by atoms with Gasteiger partial charge < -0.3 is 24.8 Å². The Labute approximate surface area is 201 Å². The predicted molar refractivity (Wildman–Crippen MR) is 115 cm³/mol. The van der Waals surface area contributed by atoms with E-state index in [0.717, 1.165) is 11.5 Å². The van der Waals surface area contributed by atoms with Crippen LogP contribution < -0.4 is 24.8 Å². The average Bonchev–Trinajstić information content (AvgIpc) is 3.21. The van der Waals surface area contributed by atoms with Crippen LogP contribution in [0.4, 0.5) is 0 Å². The SMILES string of the molecule is CC1=CC2=C(Br)CSC2=[C]1[Zr+2]([C]1=C2SCC(Br)=C2C=C1C)=[C](C)C.[Cl-].[Cl-]. The molecule has 2 heterocycles. The summed E-state index contributed by atoms with van der Waals surface area (Å²) < 4.78 is 7.89. The van der Waals surface area contributed by atoms with Crippen molar-refractivity contribution in [1.29, 1.82) is 0 Å². The number of halogens is 4. The van der Waals surface area contributed by atoms with Crippen molar-refractivity contribution in [3.63, 3.8) is 0 Å². The molecule has 138 valence electrons. The Bertz CT molecular complexity index is 846. The molecule has 0 bridgehead atoms. The molecular weight excluding hydrogens is 614 g/mol. The van der Waals surface area contributed by atoms with E-state index in [1.165, 1.54) is 31.3 Å². The number of hydrogen-bond donors (Lipinski definition) is 0. The summed E-state index contributed by atoms with van der Waals surface area (Å²) in [4.78, 5) is 3.16. The largest absolute Gasteiger partial charge is 1.00 e. The van der Waals surface area contributed by atoms with Crippen LogP contribution in [0.5, 0.6) is 0 Å². The Morgan fingerprint density at radius 2 is 1.23 bits per heavy atom. The normalized spacial score (nSPS) is 20.5. The van der Waals surface area contributed by atoms with Crippen molar-refractivity contribution in [1.82, 2.24) is 0 Å². The predicted octanol–water partition coefficient (Wildman–Crippen LogP) is 0.959. The topological polar surface area (TPSA) is 0 Å². The van der Waals surface area contributed by atoms with Gasteiger partial charge in [0, 0.05) is 0 Å². The molecule has 7 heteroatoms. The second-order valence-electron chi connectivity index (χ2n) is 6.65. The third-order valence-corrected chi connectivity index (χ3v) is 18.1. The van der Waals surface area contributed by atoms with Gasteiger partial charge in [-0.1, -0.05) is 0 Å². The van der Waals surface area contributed by atoms with E-state index in [0.29, 0.717) is 0 Å². The van der Waals surface area contributed by atoms with Crippen LogP contribution in [0.2, 0.25) is 0 Å². The van der Waals surface area contributed by atoms with Crippen molar-refractivity contribution in [2.75, 3.05) is 11.5 Å². The molecule has 0 unspecified atom stereocenters. The first-order chi connectivity index (χ1) is 11.4. The molecule has 0 aromatic heterocycles. The third-order valence-electron chi connectivity index (χ3n) is 4.72. The van der Waals surface area contributed by atoms with E-state index in [2.05, 4.69) is 71.7 Å². The summed E-state index contributed by atoms with van der Waals surface area (Å²) >= 11 is 9.58. The standard InChI is InChI=1S/2C8H6BrS.C3H6.2ClH.Zr/c2*1-5-2-6-7(9)4-10-8(6)3-5;1-3-2;;;/h2*2H,4H2,1H3;1-2H3;2*1H;/q;;;;;+2/p-2. The molecule has 4 aliphatic rings. The quantitative estimate of drug-likeness (QED) is 0.446. The summed E-state index contributed by atoms with van der Waals surface area (Å²) in [5.74, 6) is 2.20. The molecule has 0 N–H and O–H groups in total. The van der Waals surface area contributed by atoms with Gasteiger partial charge in [-0.25, -0.2) is 0 Å². The number of rotatable bonds is 2. The molecule has 26 heavy (non-hydrogen) atoms. The molecule has 0 nitrogen and oxygen atoms in total. The molecule has 0 spiro atoms. The van der Waals surface area contributed by atoms with Gasteiger partial charge in [0.25, 0.3) is 0 Å². The fourth-order valence-electron chi connectivity index (χ4n) is 3.71. The number of thioether (sulfide) groups is 2. The molecule has 0 saturated carbocycles. The van der Waals surface area contributed by atoms with Crippen LogP contribution >= 0.6 is 55.4 Å². The van der Waals surface area contributed by atoms with E-state index >= 15 is 0 Å². The molecule has 2 aliphatic carbocycles. The zero-order chi connectivity index (χ0) is 17.2. The van der Waals surface area contributed by atoms with E-state index in [9.17, 15) is 0 Å². The van der Waals surface area contributed by atoms with Crippen LogP contribution in [-0.4, -0.2) is 14.7 Å². The summed E-state index contributed by atoms with van der Waals surface area (Å²) in [7, 11) is 0. The van der Waals surface area contributed by atoms with Crippen LogP contribution in [0.1, 0.15) is 27.7 Å². The maximum absolute atomic E-state index is 3.79. The summed E-state index contributed by atoms with van der Waals surface area (Å²) in [5, 5.41) is 0. The van der Waals surface area contributed by atoms with Crippen LogP contribution in [0.15, 0.2) is 59.8 Å². The van der Waals surface area contributed by atoms with Crippen LogP contribution in [-0.2, 0) is 21.3 Å². The third kappa shape index (κ3) is 3.77. The molecule has 0 atom stereocenters. The zero-order valence-corrected chi connectivity index (χ0v) is 23.7. The Hall–Kier alpha value is 1.43. The van der Waals surface area contributed by atoms with E-state index in [4.69, 9.17) is 0 Å². The molecule has 0 radical (unpaired) electrons. The molecular formula is C19H18Br2Cl2S2Zr. The number of fused-ring (bicyclic) bond motifs is 2. The Kier molecular flexibility index (Phi) is 8.27. The average molecular weight is 632 g/mol. The zero-order valence-electron chi connectivity index (χ0n) is 14.9. The van der Waals surface area contributed by atoms with E-state index in [1.807, 2.05) is 23.5 Å². The van der Waals surface area contributed by atoms with Crippen molar-refractivity contribution < 1.29 is 46.1 Å². The van der Waals surface area contributed by atoms with Crippen molar-refractivity contribution in [3.8, 4) is 0 Å². The smallest absolute Gasteiger partial charge is 1.00 e. The second kappa shape index (κ2) is 9.06. The second-order valence-corrected chi connectivity index (χ2v) is 17.3. The van der Waals surface area contributed by atoms with Crippen molar-refractivity contribution >= 4 is 58.6 Å². The van der Waals surface area contributed by atoms with Crippen molar-refractivity contribution in [2.45, 2.75) is 27.7 Å². The van der Waals surface area contributed by atoms with Gasteiger partial charge in [0.2, 0.25) is 0 Å². The molecule has 0 fully saturated rings. The molecule has 0 aromatic rings. The maximum atomic E-state index is 3.79. The maximum Gasteiger partial charge on any atom is -1.00 e. The van der Waals surface area contributed by atoms with Gasteiger partial charge in [-0.2, -0.15) is 0 Å². The monoisotopic (exact) mass is 628 g/mol. The minimum atomic E-state index is -2.07. The van der Waals surface area contributed by atoms with Gasteiger partial charge >= 0.3 is 179 Å². The van der Waals surface area contributed by atoms with E-state index in [1.54, 1.807) is 19.6 Å². The Morgan fingerprint density at radius 3 is 1.58 bits per heavy atom. The summed E-state index contributed by atoms with van der Waals surface area (Å²) in [6.07, 6.45) is 4.85. The number of allylic oxidation sites excluding steroid dienone is 8. The summed E-state index contributed by atoms with van der Waals surface area (Å²) in [5.41, 5.74) is 5.96. The van der Waals surface area contributed by atoms with Gasteiger partial charge in [-0.15, -0.1) is 0 Å². The van der Waals surface area contributed by atoms with Crippen molar-refractivity contribution in [3.05, 3.63) is 59.8 Å². The minimum absolute atomic E-state index is 0. The van der Waals surface area contributed by atoms with Crippen LogP contribution in [0.25, 0.3) is 0 Å². The van der Waals surface area contributed by atoms with Gasteiger partial charge in [0.05, 0.1) is 0 Å². The van der Waals surface area contributed by atoms with Crippen LogP contribution in [0.3, 0.4) is 0 Å². The van der Waals surface area contributed by atoms with E-state index < -0.39 is 21.3 Å². The van der Waals surface area contributed by atoms with Crippen molar-refractivity contribution in [2.24, 2.45) is 0 Å². The van der Waals surface area contributed by atoms with E-state index in [-0.39, 0.29) is 24.8 Å². The van der Waals surface area contributed by atoms with Crippen LogP contribution in [0, 0.1) is 0 Å². The summed E-state index contributed by atoms with van der Waals surface area (Å²) in [6, 6.07) is 0. The molecule has 0 amide bonds. The first-order valence-corrected chi connectivity index (χ1v) is 15.2. The summed E-state index contributed by atoms with van der Waals surface area (Å²) in [6.45, 7) is 9.41. The minimum Gasteiger partial charge on any atom is -1.00 e. The fourth-order valence-corrected chi connectivity index (χ4v) is 16.8. The molecule has 0 aromatic carbocycles. The Morgan fingerprint density at radius 1 is 0.846 bits per heavy atom.